The number of carbonyl (C=O) groups is 1. The maximum atomic E-state index is 13.6. The van der Waals surface area contributed by atoms with Gasteiger partial charge >= 0.3 is 0 Å². The Balaban J connectivity index is 2.39. The van der Waals surface area contributed by atoms with Crippen LogP contribution in [0, 0.1) is 5.82 Å². The van der Waals surface area contributed by atoms with Crippen molar-refractivity contribution in [1.82, 2.24) is 10.6 Å². The zero-order valence-corrected chi connectivity index (χ0v) is 11.6. The second-order valence-electron chi connectivity index (χ2n) is 3.91. The maximum Gasteiger partial charge on any atom is 0.254 e. The van der Waals surface area contributed by atoms with Crippen molar-refractivity contribution in [2.75, 3.05) is 19.6 Å². The van der Waals surface area contributed by atoms with Gasteiger partial charge in [0, 0.05) is 19.6 Å². The molecule has 100 valence electrons. The van der Waals surface area contributed by atoms with Crippen LogP contribution in [0.25, 0.3) is 0 Å². The van der Waals surface area contributed by atoms with Crippen LogP contribution in [0.4, 0.5) is 4.39 Å². The highest BCUT2D eigenvalue weighted by Crippen LogP contribution is 2.18. The summed E-state index contributed by atoms with van der Waals surface area (Å²) in [5.74, 6) is -1.01. The minimum atomic E-state index is -0.563. The van der Waals surface area contributed by atoms with E-state index in [0.29, 0.717) is 19.6 Å². The molecule has 0 saturated carbocycles. The van der Waals surface area contributed by atoms with Crippen LogP contribution in [0.15, 0.2) is 22.7 Å². The van der Waals surface area contributed by atoms with Crippen LogP contribution in [0.3, 0.4) is 0 Å². The third-order valence-corrected chi connectivity index (χ3v) is 2.84. The van der Waals surface area contributed by atoms with Gasteiger partial charge in [-0.2, -0.15) is 0 Å². The lowest BCUT2D eigenvalue weighted by molar-refractivity contribution is 0.0949. The van der Waals surface area contributed by atoms with E-state index in [0.717, 1.165) is 0 Å². The Kier molecular flexibility index (Phi) is 6.24. The summed E-state index contributed by atoms with van der Waals surface area (Å²) in [6, 6.07) is 4.57. The molecule has 0 bridgehead atoms. The van der Waals surface area contributed by atoms with Gasteiger partial charge in [-0.25, -0.2) is 4.39 Å². The second-order valence-corrected chi connectivity index (χ2v) is 4.76. The van der Waals surface area contributed by atoms with Gasteiger partial charge < -0.3 is 15.7 Å². The van der Waals surface area contributed by atoms with E-state index in [1.165, 1.54) is 12.1 Å². The molecular weight excluding hydrogens is 303 g/mol. The fraction of sp³-hybridized carbons (Fsp3) is 0.417. The van der Waals surface area contributed by atoms with E-state index in [2.05, 4.69) is 26.6 Å². The minimum absolute atomic E-state index is 0.0138. The summed E-state index contributed by atoms with van der Waals surface area (Å²) in [5.41, 5.74) is 0.0138. The van der Waals surface area contributed by atoms with E-state index >= 15 is 0 Å². The van der Waals surface area contributed by atoms with Crippen LogP contribution in [-0.2, 0) is 0 Å². The Bertz CT molecular complexity index is 413. The second kappa shape index (κ2) is 7.45. The average molecular weight is 319 g/mol. The molecule has 0 aromatic heterocycles. The molecular formula is C12H16BrFN2O2. The molecule has 1 aromatic rings. The van der Waals surface area contributed by atoms with Crippen molar-refractivity contribution in [2.24, 2.45) is 0 Å². The van der Waals surface area contributed by atoms with Crippen molar-refractivity contribution in [3.05, 3.63) is 34.1 Å². The highest BCUT2D eigenvalue weighted by Gasteiger charge is 2.12. The summed E-state index contributed by atoms with van der Waals surface area (Å²) < 4.78 is 13.8. The number of aliphatic hydroxyl groups excluding tert-OH is 1. The maximum absolute atomic E-state index is 13.6. The highest BCUT2D eigenvalue weighted by molar-refractivity contribution is 9.10. The lowest BCUT2D eigenvalue weighted by Crippen LogP contribution is -2.34. The summed E-state index contributed by atoms with van der Waals surface area (Å²) in [4.78, 5) is 11.7. The fourth-order valence-corrected chi connectivity index (χ4v) is 1.72. The summed E-state index contributed by atoms with van der Waals surface area (Å²) in [6.45, 7) is 3.02. The SMILES string of the molecule is CC(O)CNCCNC(=O)c1cccc(Br)c1F. The first kappa shape index (κ1) is 15.1. The van der Waals surface area contributed by atoms with Crippen molar-refractivity contribution in [3.63, 3.8) is 0 Å². The molecule has 0 aliphatic heterocycles. The molecule has 6 heteroatoms. The van der Waals surface area contributed by atoms with Crippen molar-refractivity contribution >= 4 is 21.8 Å². The Morgan fingerprint density at radius 2 is 2.22 bits per heavy atom. The molecule has 0 radical (unpaired) electrons. The summed E-state index contributed by atoms with van der Waals surface area (Å²) in [7, 11) is 0. The van der Waals surface area contributed by atoms with Crippen molar-refractivity contribution < 1.29 is 14.3 Å². The average Bonchev–Trinajstić information content (AvgIpc) is 2.31. The summed E-state index contributed by atoms with van der Waals surface area (Å²) in [6.07, 6.45) is -0.428. The molecule has 18 heavy (non-hydrogen) atoms. The lowest BCUT2D eigenvalue weighted by atomic mass is 10.2. The first-order valence-electron chi connectivity index (χ1n) is 5.63. The monoisotopic (exact) mass is 318 g/mol. The van der Waals surface area contributed by atoms with E-state index in [1.807, 2.05) is 0 Å². The topological polar surface area (TPSA) is 61.4 Å². The fourth-order valence-electron chi connectivity index (χ4n) is 1.35. The Labute approximate surface area is 114 Å². The third kappa shape index (κ3) is 4.72. The number of nitrogens with one attached hydrogen (secondary N) is 2. The number of aliphatic hydroxyl groups is 1. The molecule has 1 rings (SSSR count). The minimum Gasteiger partial charge on any atom is -0.392 e. The third-order valence-electron chi connectivity index (χ3n) is 2.22. The first-order valence-corrected chi connectivity index (χ1v) is 6.42. The number of halogens is 2. The van der Waals surface area contributed by atoms with E-state index in [9.17, 15) is 9.18 Å². The standard InChI is InChI=1S/C12H16BrFN2O2/c1-8(17)7-15-5-6-16-12(18)9-3-2-4-10(13)11(9)14/h2-4,8,15,17H,5-7H2,1H3,(H,16,18). The predicted molar refractivity (Wildman–Crippen MR) is 71.0 cm³/mol. The molecule has 1 amide bonds. The molecule has 3 N–H and O–H groups in total. The molecule has 1 atom stereocenters. The van der Waals surface area contributed by atoms with Crippen molar-refractivity contribution in [1.29, 1.82) is 0 Å². The van der Waals surface area contributed by atoms with Crippen LogP contribution in [0.1, 0.15) is 17.3 Å². The molecule has 4 nitrogen and oxygen atoms in total. The highest BCUT2D eigenvalue weighted by atomic mass is 79.9. The van der Waals surface area contributed by atoms with Crippen molar-refractivity contribution in [3.8, 4) is 0 Å². The largest absolute Gasteiger partial charge is 0.392 e. The zero-order valence-electron chi connectivity index (χ0n) is 10.0. The Morgan fingerprint density at radius 1 is 1.50 bits per heavy atom. The van der Waals surface area contributed by atoms with Gasteiger partial charge in [-0.05, 0) is 35.0 Å². The van der Waals surface area contributed by atoms with E-state index in [4.69, 9.17) is 5.11 Å². The predicted octanol–water partition coefficient (Wildman–Crippen LogP) is 1.29. The molecule has 1 unspecified atom stereocenters. The van der Waals surface area contributed by atoms with Crippen LogP contribution in [0.2, 0.25) is 0 Å². The molecule has 0 spiro atoms. The van der Waals surface area contributed by atoms with Gasteiger partial charge in [0.1, 0.15) is 5.82 Å². The molecule has 0 saturated heterocycles. The number of hydrogen-bond acceptors (Lipinski definition) is 3. The Hall–Kier alpha value is -0.980. The van der Waals surface area contributed by atoms with E-state index in [1.54, 1.807) is 13.0 Å². The van der Waals surface area contributed by atoms with Gasteiger partial charge in [-0.1, -0.05) is 6.07 Å². The van der Waals surface area contributed by atoms with Crippen LogP contribution >= 0.6 is 15.9 Å². The van der Waals surface area contributed by atoms with Gasteiger partial charge in [0.25, 0.3) is 5.91 Å². The molecule has 0 aliphatic carbocycles. The van der Waals surface area contributed by atoms with Gasteiger partial charge in [0.05, 0.1) is 16.1 Å². The normalized spacial score (nSPS) is 12.2. The smallest absolute Gasteiger partial charge is 0.254 e. The van der Waals surface area contributed by atoms with Gasteiger partial charge in [0.15, 0.2) is 0 Å². The number of hydrogen-bond donors (Lipinski definition) is 3. The molecule has 1 aromatic carbocycles. The van der Waals surface area contributed by atoms with Gasteiger partial charge in [-0.15, -0.1) is 0 Å². The van der Waals surface area contributed by atoms with Crippen molar-refractivity contribution in [2.45, 2.75) is 13.0 Å². The summed E-state index contributed by atoms with van der Waals surface area (Å²) in [5, 5.41) is 14.5. The number of amides is 1. The lowest BCUT2D eigenvalue weighted by Gasteiger charge is -2.09. The molecule has 0 fully saturated rings. The zero-order chi connectivity index (χ0) is 13.5. The molecule has 0 heterocycles. The Morgan fingerprint density at radius 3 is 2.89 bits per heavy atom. The van der Waals surface area contributed by atoms with Gasteiger partial charge in [0.2, 0.25) is 0 Å². The van der Waals surface area contributed by atoms with Crippen LogP contribution in [0.5, 0.6) is 0 Å². The first-order chi connectivity index (χ1) is 8.52. The van der Waals surface area contributed by atoms with E-state index < -0.39 is 17.8 Å². The van der Waals surface area contributed by atoms with Gasteiger partial charge in [-0.3, -0.25) is 4.79 Å². The summed E-state index contributed by atoms with van der Waals surface area (Å²) >= 11 is 3.03. The number of benzene rings is 1. The van der Waals surface area contributed by atoms with E-state index in [-0.39, 0.29) is 10.0 Å². The number of carbonyl (C=O) groups excluding carboxylic acids is 1. The van der Waals surface area contributed by atoms with Crippen LogP contribution in [-0.4, -0.2) is 36.8 Å². The quantitative estimate of drug-likeness (QED) is 0.693. The van der Waals surface area contributed by atoms with Crippen LogP contribution < -0.4 is 10.6 Å². The number of rotatable bonds is 6. The molecule has 0 aliphatic rings.